The van der Waals surface area contributed by atoms with Gasteiger partial charge in [0.25, 0.3) is 5.91 Å². The number of carbonyl (C=O) groups excluding carboxylic acids is 1. The molecule has 2 rings (SSSR count). The SMILES string of the molecule is CC[C@H](NC(=O)c1cccc2c1OCCO2)C(=O)O. The highest BCUT2D eigenvalue weighted by Crippen LogP contribution is 2.33. The van der Waals surface area contributed by atoms with Crippen molar-refractivity contribution < 1.29 is 24.2 Å². The van der Waals surface area contributed by atoms with Gasteiger partial charge in [-0.05, 0) is 18.6 Å². The number of aliphatic carboxylic acids is 1. The van der Waals surface area contributed by atoms with Crippen molar-refractivity contribution in [2.45, 2.75) is 19.4 Å². The molecule has 0 spiro atoms. The van der Waals surface area contributed by atoms with Crippen LogP contribution in [0.2, 0.25) is 0 Å². The molecule has 2 N–H and O–H groups in total. The molecule has 1 aliphatic rings. The highest BCUT2D eigenvalue weighted by Gasteiger charge is 2.24. The largest absolute Gasteiger partial charge is 0.486 e. The molecule has 6 nitrogen and oxygen atoms in total. The fourth-order valence-electron chi connectivity index (χ4n) is 1.83. The van der Waals surface area contributed by atoms with E-state index in [0.717, 1.165) is 0 Å². The molecule has 1 amide bonds. The average Bonchev–Trinajstić information content (AvgIpc) is 2.43. The van der Waals surface area contributed by atoms with Crippen molar-refractivity contribution in [3.8, 4) is 11.5 Å². The van der Waals surface area contributed by atoms with Gasteiger partial charge in [-0.2, -0.15) is 0 Å². The minimum Gasteiger partial charge on any atom is -0.486 e. The lowest BCUT2D eigenvalue weighted by atomic mass is 10.1. The van der Waals surface area contributed by atoms with Gasteiger partial charge in [0.15, 0.2) is 11.5 Å². The molecule has 0 aromatic heterocycles. The number of hydrogen-bond donors (Lipinski definition) is 2. The van der Waals surface area contributed by atoms with Gasteiger partial charge in [-0.25, -0.2) is 4.79 Å². The summed E-state index contributed by atoms with van der Waals surface area (Å²) in [5.74, 6) is -0.664. The monoisotopic (exact) mass is 265 g/mol. The number of benzene rings is 1. The third kappa shape index (κ3) is 2.78. The van der Waals surface area contributed by atoms with Crippen LogP contribution < -0.4 is 14.8 Å². The molecular formula is C13H15NO5. The predicted molar refractivity (Wildman–Crippen MR) is 66.6 cm³/mol. The van der Waals surface area contributed by atoms with E-state index in [-0.39, 0.29) is 5.56 Å². The van der Waals surface area contributed by atoms with Crippen molar-refractivity contribution in [1.29, 1.82) is 0 Å². The first-order valence-corrected chi connectivity index (χ1v) is 6.05. The molecule has 0 bridgehead atoms. The van der Waals surface area contributed by atoms with Crippen LogP contribution in [0, 0.1) is 0 Å². The first kappa shape index (κ1) is 13.2. The van der Waals surface area contributed by atoms with E-state index in [2.05, 4.69) is 5.32 Å². The molecular weight excluding hydrogens is 250 g/mol. The summed E-state index contributed by atoms with van der Waals surface area (Å²) in [6, 6.07) is 4.05. The van der Waals surface area contributed by atoms with Crippen LogP contribution >= 0.6 is 0 Å². The molecule has 1 aromatic carbocycles. The summed E-state index contributed by atoms with van der Waals surface area (Å²) in [4.78, 5) is 23.0. The summed E-state index contributed by atoms with van der Waals surface area (Å²) in [6.45, 7) is 2.50. The van der Waals surface area contributed by atoms with Crippen molar-refractivity contribution in [2.24, 2.45) is 0 Å². The van der Waals surface area contributed by atoms with Crippen LogP contribution in [-0.4, -0.2) is 36.2 Å². The first-order chi connectivity index (χ1) is 9.13. The summed E-state index contributed by atoms with van der Waals surface area (Å²) < 4.78 is 10.8. The van der Waals surface area contributed by atoms with E-state index in [1.807, 2.05) is 0 Å². The third-order valence-electron chi connectivity index (χ3n) is 2.82. The van der Waals surface area contributed by atoms with E-state index in [9.17, 15) is 9.59 Å². The maximum absolute atomic E-state index is 12.1. The lowest BCUT2D eigenvalue weighted by Gasteiger charge is -2.21. The maximum Gasteiger partial charge on any atom is 0.326 e. The van der Waals surface area contributed by atoms with Crippen LogP contribution in [0.4, 0.5) is 0 Å². The Hall–Kier alpha value is -2.24. The highest BCUT2D eigenvalue weighted by molar-refractivity contribution is 5.99. The number of para-hydroxylation sites is 1. The summed E-state index contributed by atoms with van der Waals surface area (Å²) in [5.41, 5.74) is 0.289. The summed E-state index contributed by atoms with van der Waals surface area (Å²) >= 11 is 0. The number of amides is 1. The molecule has 0 radical (unpaired) electrons. The quantitative estimate of drug-likeness (QED) is 0.850. The summed E-state index contributed by atoms with van der Waals surface area (Å²) in [6.07, 6.45) is 0.313. The van der Waals surface area contributed by atoms with Crippen LogP contribution in [0.25, 0.3) is 0 Å². The zero-order valence-electron chi connectivity index (χ0n) is 10.5. The average molecular weight is 265 g/mol. The molecule has 0 saturated heterocycles. The molecule has 1 aromatic rings. The van der Waals surface area contributed by atoms with E-state index in [0.29, 0.717) is 31.1 Å². The number of fused-ring (bicyclic) bond motifs is 1. The summed E-state index contributed by atoms with van der Waals surface area (Å²) in [5, 5.41) is 11.4. The van der Waals surface area contributed by atoms with Gasteiger partial charge >= 0.3 is 5.97 Å². The minimum atomic E-state index is -1.06. The zero-order chi connectivity index (χ0) is 13.8. The lowest BCUT2D eigenvalue weighted by molar-refractivity contribution is -0.139. The van der Waals surface area contributed by atoms with Gasteiger partial charge in [0.1, 0.15) is 19.3 Å². The number of rotatable bonds is 4. The fourth-order valence-corrected chi connectivity index (χ4v) is 1.83. The zero-order valence-corrected chi connectivity index (χ0v) is 10.5. The van der Waals surface area contributed by atoms with Gasteiger partial charge in [-0.1, -0.05) is 13.0 Å². The van der Waals surface area contributed by atoms with Gasteiger partial charge in [0.05, 0.1) is 5.56 Å². The highest BCUT2D eigenvalue weighted by atomic mass is 16.6. The molecule has 102 valence electrons. The molecule has 1 heterocycles. The smallest absolute Gasteiger partial charge is 0.326 e. The van der Waals surface area contributed by atoms with Crippen molar-refractivity contribution >= 4 is 11.9 Å². The maximum atomic E-state index is 12.1. The number of carboxylic acid groups (broad SMARTS) is 1. The van der Waals surface area contributed by atoms with Crippen molar-refractivity contribution in [2.75, 3.05) is 13.2 Å². The Morgan fingerprint density at radius 1 is 1.37 bits per heavy atom. The van der Waals surface area contributed by atoms with Crippen LogP contribution in [0.3, 0.4) is 0 Å². The Balaban J connectivity index is 2.22. The topological polar surface area (TPSA) is 84.9 Å². The Bertz CT molecular complexity index is 500. The minimum absolute atomic E-state index is 0.289. The van der Waals surface area contributed by atoms with Crippen LogP contribution in [0.5, 0.6) is 11.5 Å². The van der Waals surface area contributed by atoms with Crippen LogP contribution in [-0.2, 0) is 4.79 Å². The Morgan fingerprint density at radius 3 is 2.79 bits per heavy atom. The lowest BCUT2D eigenvalue weighted by Crippen LogP contribution is -2.40. The van der Waals surface area contributed by atoms with Crippen molar-refractivity contribution in [3.05, 3.63) is 23.8 Å². The second-order valence-electron chi connectivity index (χ2n) is 4.10. The van der Waals surface area contributed by atoms with E-state index >= 15 is 0 Å². The number of nitrogens with one attached hydrogen (secondary N) is 1. The number of ether oxygens (including phenoxy) is 2. The Kier molecular flexibility index (Phi) is 3.89. The Morgan fingerprint density at radius 2 is 2.11 bits per heavy atom. The number of hydrogen-bond acceptors (Lipinski definition) is 4. The molecule has 6 heteroatoms. The molecule has 0 aliphatic carbocycles. The Labute approximate surface area is 110 Å². The molecule has 1 atom stereocenters. The normalized spacial score (nSPS) is 14.6. The van der Waals surface area contributed by atoms with Gasteiger partial charge in [-0.3, -0.25) is 4.79 Å². The second kappa shape index (κ2) is 5.60. The summed E-state index contributed by atoms with van der Waals surface area (Å²) in [7, 11) is 0. The molecule has 0 fully saturated rings. The van der Waals surface area contributed by atoms with Gasteiger partial charge in [-0.15, -0.1) is 0 Å². The van der Waals surface area contributed by atoms with Gasteiger partial charge in [0.2, 0.25) is 0 Å². The van der Waals surface area contributed by atoms with Crippen molar-refractivity contribution in [1.82, 2.24) is 5.32 Å². The van der Waals surface area contributed by atoms with Gasteiger partial charge in [0, 0.05) is 0 Å². The third-order valence-corrected chi connectivity index (χ3v) is 2.82. The molecule has 19 heavy (non-hydrogen) atoms. The number of carbonyl (C=O) groups is 2. The fraction of sp³-hybridized carbons (Fsp3) is 0.385. The van der Waals surface area contributed by atoms with Crippen LogP contribution in [0.1, 0.15) is 23.7 Å². The van der Waals surface area contributed by atoms with E-state index < -0.39 is 17.9 Å². The predicted octanol–water partition coefficient (Wildman–Crippen LogP) is 1.05. The van der Waals surface area contributed by atoms with Crippen LogP contribution in [0.15, 0.2) is 18.2 Å². The molecule has 0 saturated carbocycles. The van der Waals surface area contributed by atoms with E-state index in [1.165, 1.54) is 0 Å². The molecule has 1 aliphatic heterocycles. The van der Waals surface area contributed by atoms with E-state index in [1.54, 1.807) is 25.1 Å². The number of carboxylic acids is 1. The van der Waals surface area contributed by atoms with Crippen molar-refractivity contribution in [3.63, 3.8) is 0 Å². The van der Waals surface area contributed by atoms with Gasteiger partial charge < -0.3 is 19.9 Å². The standard InChI is InChI=1S/C13H15NO5/c1-2-9(13(16)17)14-12(15)8-4-3-5-10-11(8)19-7-6-18-10/h3-5,9H,2,6-7H2,1H3,(H,14,15)(H,16,17)/t9-/m0/s1. The second-order valence-corrected chi connectivity index (χ2v) is 4.10. The molecule has 0 unspecified atom stereocenters. The van der Waals surface area contributed by atoms with E-state index in [4.69, 9.17) is 14.6 Å². The first-order valence-electron chi connectivity index (χ1n) is 6.05.